The third-order valence-electron chi connectivity index (χ3n) is 3.71. The predicted molar refractivity (Wildman–Crippen MR) is 82.8 cm³/mol. The van der Waals surface area contributed by atoms with Gasteiger partial charge in [-0.05, 0) is 31.2 Å². The van der Waals surface area contributed by atoms with E-state index in [9.17, 15) is 0 Å². The van der Waals surface area contributed by atoms with Crippen molar-refractivity contribution in [3.05, 3.63) is 72.0 Å². The maximum Gasteiger partial charge on any atom is 0.134 e. The standard InChI is InChI=1S/C18H19NO/c1-19-17(14-7-3-2-4-8-14)12-11-16-13-15-9-5-6-10-18(15)20-16/h2-10,13,17,19H,11-12H2,1H3. The first kappa shape index (κ1) is 12.9. The summed E-state index contributed by atoms with van der Waals surface area (Å²) >= 11 is 0. The Hall–Kier alpha value is -2.06. The van der Waals surface area contributed by atoms with Crippen molar-refractivity contribution in [2.75, 3.05) is 7.05 Å². The van der Waals surface area contributed by atoms with Gasteiger partial charge in [-0.3, -0.25) is 0 Å². The molecular weight excluding hydrogens is 246 g/mol. The number of rotatable bonds is 5. The highest BCUT2D eigenvalue weighted by Crippen LogP contribution is 2.23. The van der Waals surface area contributed by atoms with Gasteiger partial charge in [-0.25, -0.2) is 0 Å². The van der Waals surface area contributed by atoms with Gasteiger partial charge in [0.2, 0.25) is 0 Å². The molecule has 0 radical (unpaired) electrons. The van der Waals surface area contributed by atoms with E-state index in [0.29, 0.717) is 6.04 Å². The second-order valence-corrected chi connectivity index (χ2v) is 5.04. The van der Waals surface area contributed by atoms with E-state index in [2.05, 4.69) is 47.8 Å². The van der Waals surface area contributed by atoms with Crippen LogP contribution in [0.3, 0.4) is 0 Å². The van der Waals surface area contributed by atoms with E-state index in [1.165, 1.54) is 10.9 Å². The number of benzene rings is 2. The molecule has 1 atom stereocenters. The first-order valence-electron chi connectivity index (χ1n) is 7.06. The van der Waals surface area contributed by atoms with Gasteiger partial charge in [-0.2, -0.15) is 0 Å². The molecule has 20 heavy (non-hydrogen) atoms. The van der Waals surface area contributed by atoms with Gasteiger partial charge < -0.3 is 9.73 Å². The molecule has 1 unspecified atom stereocenters. The summed E-state index contributed by atoms with van der Waals surface area (Å²) in [4.78, 5) is 0. The van der Waals surface area contributed by atoms with Crippen LogP contribution in [0.25, 0.3) is 11.0 Å². The Morgan fingerprint density at radius 3 is 2.50 bits per heavy atom. The predicted octanol–water partition coefficient (Wildman–Crippen LogP) is 4.33. The van der Waals surface area contributed by atoms with Crippen LogP contribution >= 0.6 is 0 Å². The van der Waals surface area contributed by atoms with Crippen molar-refractivity contribution < 1.29 is 4.42 Å². The minimum Gasteiger partial charge on any atom is -0.461 e. The van der Waals surface area contributed by atoms with Crippen molar-refractivity contribution in [1.29, 1.82) is 0 Å². The first-order chi connectivity index (χ1) is 9.86. The lowest BCUT2D eigenvalue weighted by molar-refractivity contribution is 0.489. The summed E-state index contributed by atoms with van der Waals surface area (Å²) in [6, 6.07) is 21.2. The third-order valence-corrected chi connectivity index (χ3v) is 3.71. The summed E-state index contributed by atoms with van der Waals surface area (Å²) in [5.41, 5.74) is 2.30. The fraction of sp³-hybridized carbons (Fsp3) is 0.222. The van der Waals surface area contributed by atoms with Crippen LogP contribution in [-0.2, 0) is 6.42 Å². The second-order valence-electron chi connectivity index (χ2n) is 5.04. The van der Waals surface area contributed by atoms with Gasteiger partial charge in [0, 0.05) is 17.8 Å². The Balaban J connectivity index is 1.71. The quantitative estimate of drug-likeness (QED) is 0.743. The monoisotopic (exact) mass is 265 g/mol. The van der Waals surface area contributed by atoms with Crippen molar-refractivity contribution in [3.63, 3.8) is 0 Å². The van der Waals surface area contributed by atoms with Gasteiger partial charge in [0.15, 0.2) is 0 Å². The fourth-order valence-electron chi connectivity index (χ4n) is 2.61. The SMILES string of the molecule is CNC(CCc1cc2ccccc2o1)c1ccccc1. The van der Waals surface area contributed by atoms with Crippen LogP contribution < -0.4 is 5.32 Å². The van der Waals surface area contributed by atoms with Crippen molar-refractivity contribution in [2.24, 2.45) is 0 Å². The largest absolute Gasteiger partial charge is 0.461 e. The molecule has 2 aromatic carbocycles. The number of fused-ring (bicyclic) bond motifs is 1. The molecule has 2 nitrogen and oxygen atoms in total. The van der Waals surface area contributed by atoms with Gasteiger partial charge in [0.05, 0.1) is 0 Å². The van der Waals surface area contributed by atoms with Crippen LogP contribution in [0.5, 0.6) is 0 Å². The Labute approximate surface area is 119 Å². The normalized spacial score (nSPS) is 12.7. The van der Waals surface area contributed by atoms with Crippen LogP contribution in [0, 0.1) is 0 Å². The molecule has 0 aliphatic carbocycles. The molecule has 0 saturated heterocycles. The average Bonchev–Trinajstić information content (AvgIpc) is 2.92. The van der Waals surface area contributed by atoms with Crippen LogP contribution in [0.15, 0.2) is 65.1 Å². The number of nitrogens with one attached hydrogen (secondary N) is 1. The molecule has 0 spiro atoms. The average molecular weight is 265 g/mol. The summed E-state index contributed by atoms with van der Waals surface area (Å²) in [5, 5.41) is 4.56. The van der Waals surface area contributed by atoms with E-state index in [1.807, 2.05) is 25.2 Å². The second kappa shape index (κ2) is 5.93. The molecule has 0 saturated carbocycles. The lowest BCUT2D eigenvalue weighted by atomic mass is 10.0. The van der Waals surface area contributed by atoms with Gasteiger partial charge in [-0.1, -0.05) is 48.5 Å². The first-order valence-corrected chi connectivity index (χ1v) is 7.06. The van der Waals surface area contributed by atoms with Gasteiger partial charge in [0.25, 0.3) is 0 Å². The van der Waals surface area contributed by atoms with Crippen LogP contribution in [0.2, 0.25) is 0 Å². The molecule has 3 aromatic rings. The molecular formula is C18H19NO. The van der Waals surface area contributed by atoms with E-state index in [4.69, 9.17) is 4.42 Å². The van der Waals surface area contributed by atoms with Gasteiger partial charge >= 0.3 is 0 Å². The van der Waals surface area contributed by atoms with Crippen molar-refractivity contribution in [3.8, 4) is 0 Å². The number of furan rings is 1. The van der Waals surface area contributed by atoms with Gasteiger partial charge in [-0.15, -0.1) is 0 Å². The molecule has 1 aromatic heterocycles. The molecule has 0 bridgehead atoms. The zero-order valence-corrected chi connectivity index (χ0v) is 11.7. The number of hydrogen-bond acceptors (Lipinski definition) is 2. The Kier molecular flexibility index (Phi) is 3.84. The van der Waals surface area contributed by atoms with Crippen molar-refractivity contribution in [2.45, 2.75) is 18.9 Å². The third kappa shape index (κ3) is 2.75. The van der Waals surface area contributed by atoms with Crippen LogP contribution in [-0.4, -0.2) is 7.05 Å². The lowest BCUT2D eigenvalue weighted by Crippen LogP contribution is -2.16. The minimum absolute atomic E-state index is 0.365. The molecule has 1 N–H and O–H groups in total. The molecule has 102 valence electrons. The summed E-state index contributed by atoms with van der Waals surface area (Å²) in [6.45, 7) is 0. The summed E-state index contributed by atoms with van der Waals surface area (Å²) in [6.07, 6.45) is 1.97. The maximum atomic E-state index is 5.87. The summed E-state index contributed by atoms with van der Waals surface area (Å²) in [7, 11) is 2.01. The van der Waals surface area contributed by atoms with E-state index in [-0.39, 0.29) is 0 Å². The Morgan fingerprint density at radius 2 is 1.75 bits per heavy atom. The van der Waals surface area contributed by atoms with Crippen LogP contribution in [0.1, 0.15) is 23.8 Å². The summed E-state index contributed by atoms with van der Waals surface area (Å²) < 4.78 is 5.87. The topological polar surface area (TPSA) is 25.2 Å². The number of hydrogen-bond donors (Lipinski definition) is 1. The van der Waals surface area contributed by atoms with E-state index < -0.39 is 0 Å². The molecule has 0 fully saturated rings. The van der Waals surface area contributed by atoms with Crippen molar-refractivity contribution in [1.82, 2.24) is 5.32 Å². The molecule has 0 aliphatic rings. The molecule has 3 rings (SSSR count). The zero-order valence-electron chi connectivity index (χ0n) is 11.7. The Bertz CT molecular complexity index is 639. The number of aryl methyl sites for hydroxylation is 1. The van der Waals surface area contributed by atoms with E-state index in [1.54, 1.807) is 0 Å². The molecule has 0 aliphatic heterocycles. The lowest BCUT2D eigenvalue weighted by Gasteiger charge is -2.15. The Morgan fingerprint density at radius 1 is 1.00 bits per heavy atom. The molecule has 1 heterocycles. The van der Waals surface area contributed by atoms with Crippen LogP contribution in [0.4, 0.5) is 0 Å². The zero-order chi connectivity index (χ0) is 13.8. The molecule has 0 amide bonds. The van der Waals surface area contributed by atoms with E-state index >= 15 is 0 Å². The van der Waals surface area contributed by atoms with E-state index in [0.717, 1.165) is 24.2 Å². The highest BCUT2D eigenvalue weighted by molar-refractivity contribution is 5.77. The van der Waals surface area contributed by atoms with Crippen molar-refractivity contribution >= 4 is 11.0 Å². The summed E-state index contributed by atoms with van der Waals surface area (Å²) in [5.74, 6) is 1.06. The highest BCUT2D eigenvalue weighted by atomic mass is 16.3. The van der Waals surface area contributed by atoms with Gasteiger partial charge in [0.1, 0.15) is 11.3 Å². The number of para-hydroxylation sites is 1. The fourth-order valence-corrected chi connectivity index (χ4v) is 2.61. The maximum absolute atomic E-state index is 5.87. The highest BCUT2D eigenvalue weighted by Gasteiger charge is 2.10. The molecule has 2 heteroatoms. The minimum atomic E-state index is 0.365. The smallest absolute Gasteiger partial charge is 0.134 e.